The van der Waals surface area contributed by atoms with Gasteiger partial charge in [-0.15, -0.1) is 0 Å². The summed E-state index contributed by atoms with van der Waals surface area (Å²) in [6.07, 6.45) is 4.55. The van der Waals surface area contributed by atoms with Crippen molar-refractivity contribution < 1.29 is 0 Å². The van der Waals surface area contributed by atoms with Gasteiger partial charge in [-0.1, -0.05) is 36.4 Å². The molecule has 0 atom stereocenters. The van der Waals surface area contributed by atoms with Gasteiger partial charge in [-0.2, -0.15) is 5.26 Å². The molecule has 0 bridgehead atoms. The highest BCUT2D eigenvalue weighted by Crippen LogP contribution is 2.25. The predicted molar refractivity (Wildman–Crippen MR) is 92.6 cm³/mol. The average molecular weight is 288 g/mol. The molecule has 1 fully saturated rings. The summed E-state index contributed by atoms with van der Waals surface area (Å²) in [6, 6.07) is 18.7. The monoisotopic (exact) mass is 288 g/mol. The first kappa shape index (κ1) is 14.4. The molecule has 1 saturated heterocycles. The predicted octanol–water partition coefficient (Wildman–Crippen LogP) is 4.66. The van der Waals surface area contributed by atoms with Gasteiger partial charge in [-0.3, -0.25) is 0 Å². The van der Waals surface area contributed by atoms with Crippen molar-refractivity contribution in [3.63, 3.8) is 0 Å². The van der Waals surface area contributed by atoms with E-state index >= 15 is 0 Å². The summed E-state index contributed by atoms with van der Waals surface area (Å²) in [5, 5.41) is 9.43. The Balaban J connectivity index is 1.91. The van der Waals surface area contributed by atoms with Crippen LogP contribution >= 0.6 is 0 Å². The van der Waals surface area contributed by atoms with Crippen molar-refractivity contribution in [2.45, 2.75) is 19.8 Å². The number of benzene rings is 2. The molecule has 0 N–H and O–H groups in total. The van der Waals surface area contributed by atoms with E-state index in [1.165, 1.54) is 24.1 Å². The molecule has 0 radical (unpaired) electrons. The van der Waals surface area contributed by atoms with Crippen LogP contribution in [0.1, 0.15) is 29.5 Å². The van der Waals surface area contributed by atoms with E-state index in [0.717, 1.165) is 24.2 Å². The Kier molecular flexibility index (Phi) is 4.25. The second kappa shape index (κ2) is 6.49. The van der Waals surface area contributed by atoms with Crippen LogP contribution in [-0.2, 0) is 0 Å². The third-order valence-electron chi connectivity index (χ3n) is 4.23. The van der Waals surface area contributed by atoms with Crippen LogP contribution in [0.15, 0.2) is 48.5 Å². The number of hydrogen-bond donors (Lipinski definition) is 0. The number of nitriles is 1. The van der Waals surface area contributed by atoms with E-state index in [0.29, 0.717) is 5.57 Å². The minimum Gasteiger partial charge on any atom is -0.372 e. The van der Waals surface area contributed by atoms with Crippen LogP contribution in [0.5, 0.6) is 0 Å². The molecule has 0 spiro atoms. The van der Waals surface area contributed by atoms with Gasteiger partial charge in [-0.25, -0.2) is 0 Å². The Hall–Kier alpha value is -2.53. The first-order valence-electron chi connectivity index (χ1n) is 7.81. The molecule has 0 aromatic heterocycles. The molecule has 0 aliphatic carbocycles. The molecule has 0 unspecified atom stereocenters. The van der Waals surface area contributed by atoms with Crippen molar-refractivity contribution in [1.82, 2.24) is 0 Å². The molecule has 110 valence electrons. The van der Waals surface area contributed by atoms with Crippen LogP contribution < -0.4 is 4.90 Å². The summed E-state index contributed by atoms with van der Waals surface area (Å²) < 4.78 is 0. The van der Waals surface area contributed by atoms with Crippen molar-refractivity contribution in [3.8, 4) is 6.07 Å². The summed E-state index contributed by atoms with van der Waals surface area (Å²) in [5.41, 5.74) is 5.30. The maximum Gasteiger partial charge on any atom is 0.0998 e. The zero-order valence-electron chi connectivity index (χ0n) is 12.9. The Labute approximate surface area is 132 Å². The molecule has 2 aromatic carbocycles. The fraction of sp³-hybridized carbons (Fsp3) is 0.250. The molecule has 1 aliphatic heterocycles. The molecule has 0 saturated carbocycles. The Morgan fingerprint density at radius 1 is 1.09 bits per heavy atom. The van der Waals surface area contributed by atoms with Gasteiger partial charge in [0.2, 0.25) is 0 Å². The van der Waals surface area contributed by atoms with Crippen molar-refractivity contribution in [2.75, 3.05) is 18.0 Å². The number of allylic oxidation sites excluding steroid dienone is 1. The maximum atomic E-state index is 9.43. The molecule has 2 nitrogen and oxygen atoms in total. The Morgan fingerprint density at radius 2 is 1.82 bits per heavy atom. The molecule has 22 heavy (non-hydrogen) atoms. The van der Waals surface area contributed by atoms with Crippen LogP contribution in [0.25, 0.3) is 11.6 Å². The first-order chi connectivity index (χ1) is 10.8. The molecule has 3 rings (SSSR count). The highest BCUT2D eigenvalue weighted by atomic mass is 15.1. The smallest absolute Gasteiger partial charge is 0.0998 e. The van der Waals surface area contributed by atoms with Gasteiger partial charge in [0, 0.05) is 18.8 Å². The topological polar surface area (TPSA) is 27.0 Å². The minimum absolute atomic E-state index is 0.706. The Morgan fingerprint density at radius 3 is 2.45 bits per heavy atom. The van der Waals surface area contributed by atoms with E-state index in [1.807, 2.05) is 36.4 Å². The SMILES string of the molecule is Cc1cc(N2CCCC2)ccc1/C=C(\C#N)c1ccccc1. The molecule has 1 aliphatic rings. The quantitative estimate of drug-likeness (QED) is 0.606. The van der Waals surface area contributed by atoms with Gasteiger partial charge in [0.1, 0.15) is 0 Å². The standard InChI is InChI=1S/C20H20N2/c1-16-13-20(22-11-5-6-12-22)10-9-18(16)14-19(15-21)17-7-3-2-4-8-17/h2-4,7-10,13-14H,5-6,11-12H2,1H3/b19-14+. The van der Waals surface area contributed by atoms with Crippen LogP contribution in [0, 0.1) is 18.3 Å². The van der Waals surface area contributed by atoms with Gasteiger partial charge in [-0.05, 0) is 54.7 Å². The van der Waals surface area contributed by atoms with Crippen LogP contribution in [0.4, 0.5) is 5.69 Å². The van der Waals surface area contributed by atoms with E-state index in [4.69, 9.17) is 0 Å². The van der Waals surface area contributed by atoms with E-state index < -0.39 is 0 Å². The Bertz CT molecular complexity index is 717. The lowest BCUT2D eigenvalue weighted by molar-refractivity contribution is 0.949. The molecule has 2 aromatic rings. The van der Waals surface area contributed by atoms with Gasteiger partial charge in [0.05, 0.1) is 11.6 Å². The second-order valence-corrected chi connectivity index (χ2v) is 5.77. The lowest BCUT2D eigenvalue weighted by atomic mass is 10.0. The molecular weight excluding hydrogens is 268 g/mol. The summed E-state index contributed by atoms with van der Waals surface area (Å²) in [7, 11) is 0. The lowest BCUT2D eigenvalue weighted by Gasteiger charge is -2.18. The normalized spacial score (nSPS) is 14.9. The van der Waals surface area contributed by atoms with Crippen LogP contribution in [0.2, 0.25) is 0 Å². The second-order valence-electron chi connectivity index (χ2n) is 5.77. The number of anilines is 1. The van der Waals surface area contributed by atoms with Crippen molar-refractivity contribution in [1.29, 1.82) is 5.26 Å². The summed E-state index contributed by atoms with van der Waals surface area (Å²) in [5.74, 6) is 0. The van der Waals surface area contributed by atoms with E-state index in [1.54, 1.807) is 0 Å². The van der Waals surface area contributed by atoms with Gasteiger partial charge in [0.25, 0.3) is 0 Å². The molecule has 2 heteroatoms. The van der Waals surface area contributed by atoms with Gasteiger partial charge < -0.3 is 4.90 Å². The van der Waals surface area contributed by atoms with Gasteiger partial charge >= 0.3 is 0 Å². The highest BCUT2D eigenvalue weighted by molar-refractivity contribution is 5.90. The van der Waals surface area contributed by atoms with Crippen molar-refractivity contribution in [3.05, 3.63) is 65.2 Å². The number of rotatable bonds is 3. The third-order valence-corrected chi connectivity index (χ3v) is 4.23. The van der Waals surface area contributed by atoms with Crippen LogP contribution in [-0.4, -0.2) is 13.1 Å². The first-order valence-corrected chi connectivity index (χ1v) is 7.81. The lowest BCUT2D eigenvalue weighted by Crippen LogP contribution is -2.17. The zero-order chi connectivity index (χ0) is 15.4. The zero-order valence-corrected chi connectivity index (χ0v) is 12.9. The molecule has 0 amide bonds. The number of aryl methyl sites for hydroxylation is 1. The summed E-state index contributed by atoms with van der Waals surface area (Å²) >= 11 is 0. The minimum atomic E-state index is 0.706. The largest absolute Gasteiger partial charge is 0.372 e. The molecular formula is C20H20N2. The van der Waals surface area contributed by atoms with Gasteiger partial charge in [0.15, 0.2) is 0 Å². The van der Waals surface area contributed by atoms with E-state index in [9.17, 15) is 5.26 Å². The fourth-order valence-electron chi connectivity index (χ4n) is 2.95. The van der Waals surface area contributed by atoms with Crippen LogP contribution in [0.3, 0.4) is 0 Å². The number of nitrogens with zero attached hydrogens (tertiary/aromatic N) is 2. The average Bonchev–Trinajstić information content (AvgIpc) is 3.09. The summed E-state index contributed by atoms with van der Waals surface area (Å²) in [6.45, 7) is 4.43. The molecule has 1 heterocycles. The number of hydrogen-bond acceptors (Lipinski definition) is 2. The highest BCUT2D eigenvalue weighted by Gasteiger charge is 2.12. The van der Waals surface area contributed by atoms with E-state index in [-0.39, 0.29) is 0 Å². The van der Waals surface area contributed by atoms with Crippen molar-refractivity contribution >= 4 is 17.3 Å². The maximum absolute atomic E-state index is 9.43. The van der Waals surface area contributed by atoms with Crippen molar-refractivity contribution in [2.24, 2.45) is 0 Å². The van der Waals surface area contributed by atoms with E-state index in [2.05, 4.69) is 36.1 Å². The third kappa shape index (κ3) is 3.04. The summed E-state index contributed by atoms with van der Waals surface area (Å²) in [4.78, 5) is 2.43. The fourth-order valence-corrected chi connectivity index (χ4v) is 2.95.